The van der Waals surface area contributed by atoms with Gasteiger partial charge in [-0.15, -0.1) is 0 Å². The van der Waals surface area contributed by atoms with Crippen LogP contribution in [0.4, 0.5) is 4.79 Å². The fraction of sp³-hybridized carbons (Fsp3) is 0.560. The van der Waals surface area contributed by atoms with Crippen LogP contribution in [-0.2, 0) is 9.47 Å². The van der Waals surface area contributed by atoms with Crippen molar-refractivity contribution >= 4 is 28.0 Å². The lowest BCUT2D eigenvalue weighted by atomic mass is 9.80. The van der Waals surface area contributed by atoms with Crippen molar-refractivity contribution in [3.05, 3.63) is 36.3 Å². The molecule has 2 amide bonds. The summed E-state index contributed by atoms with van der Waals surface area (Å²) in [5.41, 5.74) is 3.21. The number of urea groups is 1. The first-order valence-electron chi connectivity index (χ1n) is 12.1. The predicted molar refractivity (Wildman–Crippen MR) is 127 cm³/mol. The minimum Gasteiger partial charge on any atom is -0.382 e. The molecule has 0 spiro atoms. The molecule has 3 aromatic rings. The van der Waals surface area contributed by atoms with Gasteiger partial charge in [-0.1, -0.05) is 0 Å². The summed E-state index contributed by atoms with van der Waals surface area (Å²) in [6.07, 6.45) is 11.9. The minimum atomic E-state index is 0.0499. The largest absolute Gasteiger partial charge is 0.382 e. The molecule has 1 aliphatic carbocycles. The number of ether oxygens (including phenoxy) is 2. The number of piperidine rings is 1. The Bertz CT molecular complexity index is 1090. The number of fused-ring (bicyclic) bond motifs is 3. The summed E-state index contributed by atoms with van der Waals surface area (Å²) >= 11 is 0. The first kappa shape index (κ1) is 22.1. The third-order valence-electron chi connectivity index (χ3n) is 7.12. The highest BCUT2D eigenvalue weighted by Crippen LogP contribution is 2.38. The Balaban J connectivity index is 1.19. The number of methoxy groups -OCH3 is 1. The third kappa shape index (κ3) is 4.82. The number of pyridine rings is 2. The van der Waals surface area contributed by atoms with Crippen LogP contribution in [0.25, 0.3) is 21.9 Å². The van der Waals surface area contributed by atoms with Gasteiger partial charge in [0.05, 0.1) is 31.0 Å². The molecule has 8 nitrogen and oxygen atoms in total. The molecule has 1 saturated carbocycles. The van der Waals surface area contributed by atoms with Crippen molar-refractivity contribution in [3.63, 3.8) is 0 Å². The molecular weight excluding hydrogens is 418 g/mol. The van der Waals surface area contributed by atoms with E-state index in [9.17, 15) is 4.79 Å². The molecule has 2 N–H and O–H groups in total. The van der Waals surface area contributed by atoms with E-state index in [0.717, 1.165) is 61.6 Å². The number of amides is 2. The van der Waals surface area contributed by atoms with Gasteiger partial charge in [-0.05, 0) is 62.1 Å². The summed E-state index contributed by atoms with van der Waals surface area (Å²) in [7, 11) is 1.67. The maximum Gasteiger partial charge on any atom is 0.317 e. The van der Waals surface area contributed by atoms with Gasteiger partial charge in [-0.3, -0.25) is 0 Å². The summed E-state index contributed by atoms with van der Waals surface area (Å²) in [6, 6.07) is 4.54. The number of carbonyl (C=O) groups is 1. The van der Waals surface area contributed by atoms with Gasteiger partial charge in [0.2, 0.25) is 0 Å². The van der Waals surface area contributed by atoms with Gasteiger partial charge in [0.15, 0.2) is 5.65 Å². The molecular formula is C25H33N5O3. The highest BCUT2D eigenvalue weighted by molar-refractivity contribution is 6.05. The van der Waals surface area contributed by atoms with E-state index in [1.165, 1.54) is 10.9 Å². The SMILES string of the molecule is COCCOC1CCCN(C(=O)NC2CCC(c3cc[nH]c4cnc5nccc5c34)CC2)C1. The molecule has 0 aromatic carbocycles. The Labute approximate surface area is 194 Å². The normalized spacial score (nSPS) is 23.8. The summed E-state index contributed by atoms with van der Waals surface area (Å²) in [6.45, 7) is 2.63. The fourth-order valence-electron chi connectivity index (χ4n) is 5.40. The average Bonchev–Trinajstić information content (AvgIpc) is 3.34. The molecule has 0 bridgehead atoms. The van der Waals surface area contributed by atoms with Crippen LogP contribution in [0.2, 0.25) is 0 Å². The van der Waals surface area contributed by atoms with Crippen molar-refractivity contribution in [2.45, 2.75) is 56.6 Å². The number of aromatic nitrogens is 3. The van der Waals surface area contributed by atoms with Gasteiger partial charge in [-0.25, -0.2) is 14.8 Å². The van der Waals surface area contributed by atoms with Crippen LogP contribution in [-0.4, -0.2) is 71.4 Å². The lowest BCUT2D eigenvalue weighted by molar-refractivity contribution is -0.0131. The summed E-state index contributed by atoms with van der Waals surface area (Å²) in [5.74, 6) is 0.476. The predicted octanol–water partition coefficient (Wildman–Crippen LogP) is 3.97. The van der Waals surface area contributed by atoms with Crippen molar-refractivity contribution in [1.29, 1.82) is 0 Å². The molecule has 3 aromatic heterocycles. The molecule has 1 atom stereocenters. The van der Waals surface area contributed by atoms with E-state index >= 15 is 0 Å². The van der Waals surface area contributed by atoms with Crippen LogP contribution in [0.1, 0.15) is 50.0 Å². The molecule has 2 aliphatic rings. The quantitative estimate of drug-likeness (QED) is 0.553. The van der Waals surface area contributed by atoms with Gasteiger partial charge in [0, 0.05) is 49.4 Å². The lowest BCUT2D eigenvalue weighted by Crippen LogP contribution is -2.51. The van der Waals surface area contributed by atoms with Crippen LogP contribution in [0, 0.1) is 0 Å². The Morgan fingerprint density at radius 2 is 2.06 bits per heavy atom. The second kappa shape index (κ2) is 10.1. The number of rotatable bonds is 6. The van der Waals surface area contributed by atoms with E-state index in [4.69, 9.17) is 9.47 Å². The van der Waals surface area contributed by atoms with E-state index in [2.05, 4.69) is 32.4 Å². The number of likely N-dealkylation sites (tertiary alicyclic amines) is 1. The topological polar surface area (TPSA) is 92.4 Å². The molecule has 2 fully saturated rings. The van der Waals surface area contributed by atoms with E-state index in [0.29, 0.717) is 25.7 Å². The van der Waals surface area contributed by atoms with Crippen LogP contribution < -0.4 is 5.32 Å². The summed E-state index contributed by atoms with van der Waals surface area (Å²) in [5, 5.41) is 5.64. The van der Waals surface area contributed by atoms with Crippen LogP contribution in [0.5, 0.6) is 0 Å². The average molecular weight is 452 g/mol. The number of carbonyl (C=O) groups excluding carboxylic acids is 1. The Kier molecular flexibility index (Phi) is 6.73. The molecule has 0 radical (unpaired) electrons. The van der Waals surface area contributed by atoms with E-state index in [-0.39, 0.29) is 18.2 Å². The number of nitrogens with one attached hydrogen (secondary N) is 2. The zero-order chi connectivity index (χ0) is 22.6. The maximum absolute atomic E-state index is 12.9. The van der Waals surface area contributed by atoms with Crippen LogP contribution in [0.15, 0.2) is 30.7 Å². The smallest absolute Gasteiger partial charge is 0.317 e. The number of hydrogen-bond donors (Lipinski definition) is 2. The second-order valence-electron chi connectivity index (χ2n) is 9.23. The second-order valence-corrected chi connectivity index (χ2v) is 9.23. The lowest BCUT2D eigenvalue weighted by Gasteiger charge is -2.35. The first-order valence-corrected chi connectivity index (χ1v) is 12.1. The fourth-order valence-corrected chi connectivity index (χ4v) is 5.40. The molecule has 1 unspecified atom stereocenters. The molecule has 1 aliphatic heterocycles. The maximum atomic E-state index is 12.9. The van der Waals surface area contributed by atoms with E-state index < -0.39 is 0 Å². The van der Waals surface area contributed by atoms with E-state index in [1.807, 2.05) is 23.5 Å². The Morgan fingerprint density at radius 3 is 2.91 bits per heavy atom. The van der Waals surface area contributed by atoms with Gasteiger partial charge < -0.3 is 24.7 Å². The van der Waals surface area contributed by atoms with Gasteiger partial charge in [-0.2, -0.15) is 0 Å². The summed E-state index contributed by atoms with van der Waals surface area (Å²) < 4.78 is 10.9. The van der Waals surface area contributed by atoms with Gasteiger partial charge >= 0.3 is 6.03 Å². The van der Waals surface area contributed by atoms with Crippen molar-refractivity contribution in [1.82, 2.24) is 25.2 Å². The molecule has 176 valence electrons. The van der Waals surface area contributed by atoms with E-state index in [1.54, 1.807) is 7.11 Å². The van der Waals surface area contributed by atoms with Crippen molar-refractivity contribution in [2.75, 3.05) is 33.4 Å². The van der Waals surface area contributed by atoms with Crippen LogP contribution >= 0.6 is 0 Å². The molecule has 8 heteroatoms. The minimum absolute atomic E-state index is 0.0499. The Hall–Kier alpha value is -2.71. The van der Waals surface area contributed by atoms with Crippen LogP contribution in [0.3, 0.4) is 0 Å². The third-order valence-corrected chi connectivity index (χ3v) is 7.12. The highest BCUT2D eigenvalue weighted by Gasteiger charge is 2.29. The number of nitrogens with zero attached hydrogens (tertiary/aromatic N) is 3. The monoisotopic (exact) mass is 451 g/mol. The van der Waals surface area contributed by atoms with Gasteiger partial charge in [0.25, 0.3) is 0 Å². The van der Waals surface area contributed by atoms with Crippen molar-refractivity contribution in [3.8, 4) is 0 Å². The standard InChI is InChI=1S/C25H33N5O3/c1-32-13-14-33-19-3-2-12-30(16-19)25(31)29-18-6-4-17(5-7-18)20-8-10-26-22-15-28-24-21(23(20)22)9-11-27-24/h8-11,15,17-19,26H,2-7,12-14,16H2,1H3,(H,29,31). The number of hydrogen-bond acceptors (Lipinski definition) is 5. The number of H-pyrrole nitrogens is 1. The molecule has 1 saturated heterocycles. The summed E-state index contributed by atoms with van der Waals surface area (Å²) in [4.78, 5) is 27.0. The molecule has 5 rings (SSSR count). The van der Waals surface area contributed by atoms with Crippen molar-refractivity contribution < 1.29 is 14.3 Å². The van der Waals surface area contributed by atoms with Crippen molar-refractivity contribution in [2.24, 2.45) is 0 Å². The first-order chi connectivity index (χ1) is 16.2. The molecule has 33 heavy (non-hydrogen) atoms. The Morgan fingerprint density at radius 1 is 1.18 bits per heavy atom. The highest BCUT2D eigenvalue weighted by atomic mass is 16.5. The zero-order valence-corrected chi connectivity index (χ0v) is 19.3. The van der Waals surface area contributed by atoms with Gasteiger partial charge in [0.1, 0.15) is 0 Å². The zero-order valence-electron chi connectivity index (χ0n) is 19.3. The number of aromatic amines is 1. The molecule has 4 heterocycles.